The average Bonchev–Trinajstić information content (AvgIpc) is 2.94. The lowest BCUT2D eigenvalue weighted by Gasteiger charge is -2.16. The van der Waals surface area contributed by atoms with Crippen molar-refractivity contribution in [3.05, 3.63) is 55.9 Å². The van der Waals surface area contributed by atoms with Crippen LogP contribution in [0.2, 0.25) is 5.02 Å². The Morgan fingerprint density at radius 1 is 1.46 bits per heavy atom. The van der Waals surface area contributed by atoms with Gasteiger partial charge in [0.2, 0.25) is 0 Å². The molecule has 0 unspecified atom stereocenters. The number of nitroso groups, excluding NO2 is 1. The van der Waals surface area contributed by atoms with Crippen LogP contribution in [-0.2, 0) is 0 Å². The summed E-state index contributed by atoms with van der Waals surface area (Å²) in [7, 11) is 1.51. The van der Waals surface area contributed by atoms with Gasteiger partial charge in [-0.1, -0.05) is 41.9 Å². The van der Waals surface area contributed by atoms with Crippen molar-refractivity contribution in [1.29, 1.82) is 0 Å². The molecule has 5 nitrogen and oxygen atoms in total. The maximum atomic E-state index is 12.7. The standard InChI is InChI=1S/C17H19ClN2O3S/c1-3-4-7-20-11-13(10-19-22)24-17(20)9-15(21)14-8-12(18)5-6-16(14)23-2/h5-6,8-9,11H,3-4,7,10H2,1-2H3. The summed E-state index contributed by atoms with van der Waals surface area (Å²) in [6.45, 7) is 3.00. The van der Waals surface area contributed by atoms with Crippen LogP contribution >= 0.6 is 23.4 Å². The number of benzene rings is 1. The molecule has 0 amide bonds. The van der Waals surface area contributed by atoms with Gasteiger partial charge in [0.05, 0.1) is 17.7 Å². The fourth-order valence-electron chi connectivity index (χ4n) is 2.27. The lowest BCUT2D eigenvalue weighted by atomic mass is 10.1. The first-order valence-electron chi connectivity index (χ1n) is 7.63. The molecule has 1 aliphatic heterocycles. The highest BCUT2D eigenvalue weighted by Gasteiger charge is 2.21. The van der Waals surface area contributed by atoms with Gasteiger partial charge in [-0.3, -0.25) is 4.79 Å². The molecule has 0 aromatic heterocycles. The Morgan fingerprint density at radius 3 is 2.92 bits per heavy atom. The number of methoxy groups -OCH3 is 1. The van der Waals surface area contributed by atoms with Crippen LogP contribution in [0, 0.1) is 4.91 Å². The Labute approximate surface area is 150 Å². The van der Waals surface area contributed by atoms with Crippen molar-refractivity contribution < 1.29 is 9.53 Å². The number of hydrogen-bond acceptors (Lipinski definition) is 6. The highest BCUT2D eigenvalue weighted by Crippen LogP contribution is 2.37. The van der Waals surface area contributed by atoms with E-state index < -0.39 is 0 Å². The molecule has 7 heteroatoms. The highest BCUT2D eigenvalue weighted by molar-refractivity contribution is 8.07. The Kier molecular flexibility index (Phi) is 6.87. The van der Waals surface area contributed by atoms with Crippen LogP contribution in [0.3, 0.4) is 0 Å². The molecule has 0 bridgehead atoms. The van der Waals surface area contributed by atoms with Crippen LogP contribution in [-0.4, -0.2) is 30.9 Å². The van der Waals surface area contributed by atoms with Gasteiger partial charge < -0.3 is 9.64 Å². The molecule has 1 heterocycles. The summed E-state index contributed by atoms with van der Waals surface area (Å²) in [5.74, 6) is 0.291. The van der Waals surface area contributed by atoms with Crippen molar-refractivity contribution in [3.63, 3.8) is 0 Å². The van der Waals surface area contributed by atoms with Crippen LogP contribution < -0.4 is 4.74 Å². The minimum atomic E-state index is -0.188. The zero-order valence-corrected chi connectivity index (χ0v) is 15.2. The molecule has 0 spiro atoms. The first kappa shape index (κ1) is 18.5. The Hall–Kier alpha value is -1.79. The number of carbonyl (C=O) groups is 1. The molecule has 1 aliphatic rings. The first-order chi connectivity index (χ1) is 11.6. The summed E-state index contributed by atoms with van der Waals surface area (Å²) >= 11 is 7.39. The van der Waals surface area contributed by atoms with Gasteiger partial charge in [-0.2, -0.15) is 4.91 Å². The second-order valence-electron chi connectivity index (χ2n) is 5.22. The van der Waals surface area contributed by atoms with Crippen molar-refractivity contribution >= 4 is 29.1 Å². The monoisotopic (exact) mass is 366 g/mol. The molecule has 128 valence electrons. The number of unbranched alkanes of at least 4 members (excludes halogenated alkanes) is 1. The number of allylic oxidation sites excluding steroid dienone is 1. The third-order valence-corrected chi connectivity index (χ3v) is 4.77. The minimum absolute atomic E-state index is 0.110. The van der Waals surface area contributed by atoms with Crippen LogP contribution in [0.1, 0.15) is 30.1 Å². The minimum Gasteiger partial charge on any atom is -0.496 e. The normalized spacial score (nSPS) is 15.5. The second-order valence-corrected chi connectivity index (χ2v) is 6.81. The van der Waals surface area contributed by atoms with E-state index in [9.17, 15) is 9.70 Å². The van der Waals surface area contributed by atoms with Crippen molar-refractivity contribution in [1.82, 2.24) is 4.90 Å². The van der Waals surface area contributed by atoms with Crippen molar-refractivity contribution in [2.24, 2.45) is 5.18 Å². The van der Waals surface area contributed by atoms with E-state index in [4.69, 9.17) is 16.3 Å². The second kappa shape index (κ2) is 8.89. The summed E-state index contributed by atoms with van der Waals surface area (Å²) in [4.78, 5) is 26.0. The molecule has 24 heavy (non-hydrogen) atoms. The van der Waals surface area contributed by atoms with Gasteiger partial charge in [-0.15, -0.1) is 0 Å². The van der Waals surface area contributed by atoms with Crippen LogP contribution in [0.4, 0.5) is 0 Å². The number of thioether (sulfide) groups is 1. The van der Waals surface area contributed by atoms with Gasteiger partial charge in [0, 0.05) is 28.7 Å². The molecule has 0 saturated heterocycles. The molecule has 1 aromatic rings. The van der Waals surface area contributed by atoms with Crippen LogP contribution in [0.5, 0.6) is 5.75 Å². The summed E-state index contributed by atoms with van der Waals surface area (Å²) in [6.07, 6.45) is 5.48. The number of halogens is 1. The summed E-state index contributed by atoms with van der Waals surface area (Å²) in [5, 5.41) is 4.19. The van der Waals surface area contributed by atoms with Gasteiger partial charge in [-0.05, 0) is 24.6 Å². The summed E-state index contributed by atoms with van der Waals surface area (Å²) in [5.41, 5.74) is 0.413. The molecule has 0 fully saturated rings. The first-order valence-corrected chi connectivity index (χ1v) is 8.82. The van der Waals surface area contributed by atoms with Gasteiger partial charge >= 0.3 is 0 Å². The number of rotatable bonds is 8. The van der Waals surface area contributed by atoms with Crippen molar-refractivity contribution in [2.75, 3.05) is 20.2 Å². The van der Waals surface area contributed by atoms with E-state index in [2.05, 4.69) is 12.1 Å². The Balaban J connectivity index is 2.26. The van der Waals surface area contributed by atoms with E-state index in [1.54, 1.807) is 24.3 Å². The number of ether oxygens (including phenoxy) is 1. The predicted molar refractivity (Wildman–Crippen MR) is 98.4 cm³/mol. The zero-order valence-electron chi connectivity index (χ0n) is 13.6. The summed E-state index contributed by atoms with van der Waals surface area (Å²) in [6, 6.07) is 4.94. The molecule has 0 aliphatic carbocycles. The van der Waals surface area contributed by atoms with Crippen molar-refractivity contribution in [2.45, 2.75) is 19.8 Å². The molecular weight excluding hydrogens is 348 g/mol. The van der Waals surface area contributed by atoms with Crippen LogP contribution in [0.25, 0.3) is 0 Å². The van der Waals surface area contributed by atoms with E-state index in [1.165, 1.54) is 18.9 Å². The maximum Gasteiger partial charge on any atom is 0.192 e. The molecule has 0 atom stereocenters. The lowest BCUT2D eigenvalue weighted by Crippen LogP contribution is -2.14. The molecule has 0 N–H and O–H groups in total. The number of hydrogen-bond donors (Lipinski definition) is 0. The van der Waals surface area contributed by atoms with E-state index in [0.29, 0.717) is 16.3 Å². The van der Waals surface area contributed by atoms with E-state index in [-0.39, 0.29) is 12.3 Å². The third-order valence-electron chi connectivity index (χ3n) is 3.47. The number of carbonyl (C=O) groups excluding carboxylic acids is 1. The Morgan fingerprint density at radius 2 is 2.25 bits per heavy atom. The van der Waals surface area contributed by atoms with Gasteiger partial charge in [0.25, 0.3) is 0 Å². The summed E-state index contributed by atoms with van der Waals surface area (Å²) < 4.78 is 5.24. The van der Waals surface area contributed by atoms with E-state index >= 15 is 0 Å². The predicted octanol–water partition coefficient (Wildman–Crippen LogP) is 4.83. The maximum absolute atomic E-state index is 12.7. The number of ketones is 1. The molecule has 0 saturated carbocycles. The Bertz CT molecular complexity index is 688. The molecule has 1 aromatic carbocycles. The molecule has 0 radical (unpaired) electrons. The fourth-order valence-corrected chi connectivity index (χ4v) is 3.44. The van der Waals surface area contributed by atoms with E-state index in [0.717, 1.165) is 29.3 Å². The lowest BCUT2D eigenvalue weighted by molar-refractivity contribution is 0.104. The van der Waals surface area contributed by atoms with Gasteiger partial charge in [0.15, 0.2) is 5.78 Å². The average molecular weight is 367 g/mol. The van der Waals surface area contributed by atoms with Crippen molar-refractivity contribution in [3.8, 4) is 5.75 Å². The quantitative estimate of drug-likeness (QED) is 0.374. The van der Waals surface area contributed by atoms with Crippen LogP contribution in [0.15, 0.2) is 45.6 Å². The van der Waals surface area contributed by atoms with Gasteiger partial charge in [-0.25, -0.2) is 0 Å². The number of nitrogens with zero attached hydrogens (tertiary/aromatic N) is 2. The molecular formula is C17H19ClN2O3S. The van der Waals surface area contributed by atoms with Gasteiger partial charge in [0.1, 0.15) is 12.3 Å². The highest BCUT2D eigenvalue weighted by atomic mass is 35.5. The topological polar surface area (TPSA) is 59.0 Å². The SMILES string of the molecule is CCCCN1C=C(CN=O)SC1=CC(=O)c1cc(Cl)ccc1OC. The third kappa shape index (κ3) is 4.61. The van der Waals surface area contributed by atoms with E-state index in [1.807, 2.05) is 11.1 Å². The fraction of sp³-hybridized carbons (Fsp3) is 0.353. The largest absolute Gasteiger partial charge is 0.496 e. The smallest absolute Gasteiger partial charge is 0.192 e. The zero-order chi connectivity index (χ0) is 17.5. The molecule has 2 rings (SSSR count).